The van der Waals surface area contributed by atoms with Gasteiger partial charge in [0.1, 0.15) is 0 Å². The number of fused-ring (bicyclic) bond motifs is 1. The first kappa shape index (κ1) is 11.9. The summed E-state index contributed by atoms with van der Waals surface area (Å²) in [5, 5.41) is 13.4. The molecular formula is C15H14N2O2. The van der Waals surface area contributed by atoms with Crippen molar-refractivity contribution < 1.29 is 9.90 Å². The number of benzene rings is 1. The van der Waals surface area contributed by atoms with Crippen molar-refractivity contribution in [2.45, 2.75) is 18.9 Å². The van der Waals surface area contributed by atoms with E-state index in [0.717, 1.165) is 5.69 Å². The zero-order valence-electron chi connectivity index (χ0n) is 10.6. The Hall–Kier alpha value is -2.20. The molecule has 0 aliphatic carbocycles. The van der Waals surface area contributed by atoms with Crippen molar-refractivity contribution in [3.05, 3.63) is 59.4 Å². The van der Waals surface area contributed by atoms with E-state index in [0.29, 0.717) is 16.9 Å². The third-order valence-electron chi connectivity index (χ3n) is 3.38. The summed E-state index contributed by atoms with van der Waals surface area (Å²) in [5.41, 5.74) is 1.32. The van der Waals surface area contributed by atoms with E-state index in [1.54, 1.807) is 12.1 Å². The predicted octanol–water partition coefficient (Wildman–Crippen LogP) is 1.77. The monoisotopic (exact) mass is 254 g/mol. The summed E-state index contributed by atoms with van der Waals surface area (Å²) in [5.74, 6) is -0.392. The number of carbonyl (C=O) groups is 1. The molecule has 0 unspecified atom stereocenters. The van der Waals surface area contributed by atoms with Gasteiger partial charge in [0.15, 0.2) is 5.60 Å². The number of aliphatic hydroxyl groups is 1. The van der Waals surface area contributed by atoms with Gasteiger partial charge in [0.2, 0.25) is 0 Å². The van der Waals surface area contributed by atoms with E-state index in [9.17, 15) is 9.90 Å². The van der Waals surface area contributed by atoms with Gasteiger partial charge in [-0.3, -0.25) is 9.78 Å². The van der Waals surface area contributed by atoms with Crippen LogP contribution in [0.5, 0.6) is 0 Å². The molecule has 0 radical (unpaired) electrons. The highest BCUT2D eigenvalue weighted by atomic mass is 16.3. The third-order valence-corrected chi connectivity index (χ3v) is 3.38. The first-order valence-electron chi connectivity index (χ1n) is 6.15. The van der Waals surface area contributed by atoms with E-state index in [2.05, 4.69) is 10.3 Å². The molecule has 2 aromatic rings. The van der Waals surface area contributed by atoms with Gasteiger partial charge in [0.05, 0.1) is 0 Å². The topological polar surface area (TPSA) is 62.2 Å². The van der Waals surface area contributed by atoms with Gasteiger partial charge in [-0.05, 0) is 25.1 Å². The molecule has 96 valence electrons. The van der Waals surface area contributed by atoms with Gasteiger partial charge in [-0.25, -0.2) is 0 Å². The Balaban J connectivity index is 2.01. The van der Waals surface area contributed by atoms with E-state index >= 15 is 0 Å². The van der Waals surface area contributed by atoms with Crippen molar-refractivity contribution >= 4 is 11.6 Å². The quantitative estimate of drug-likeness (QED) is 0.858. The molecule has 0 saturated heterocycles. The maximum Gasteiger partial charge on any atom is 0.261 e. The minimum absolute atomic E-state index is 0.178. The summed E-state index contributed by atoms with van der Waals surface area (Å²) in [6, 6.07) is 12.8. The van der Waals surface area contributed by atoms with E-state index < -0.39 is 11.5 Å². The predicted molar refractivity (Wildman–Crippen MR) is 71.6 cm³/mol. The number of hydrogen-bond donors (Lipinski definition) is 2. The number of hydrogen-bond acceptors (Lipinski definition) is 3. The third kappa shape index (κ3) is 1.90. The van der Waals surface area contributed by atoms with Crippen LogP contribution in [0, 0.1) is 6.92 Å². The van der Waals surface area contributed by atoms with Crippen LogP contribution < -0.4 is 5.32 Å². The van der Waals surface area contributed by atoms with Crippen LogP contribution in [0.1, 0.15) is 17.0 Å². The molecule has 1 aromatic carbocycles. The molecule has 0 bridgehead atoms. The van der Waals surface area contributed by atoms with Crippen LogP contribution in [-0.2, 0) is 16.8 Å². The van der Waals surface area contributed by atoms with Gasteiger partial charge in [-0.15, -0.1) is 0 Å². The molecule has 19 heavy (non-hydrogen) atoms. The Kier molecular flexibility index (Phi) is 2.61. The molecule has 1 aliphatic rings. The van der Waals surface area contributed by atoms with Crippen molar-refractivity contribution in [1.29, 1.82) is 0 Å². The lowest BCUT2D eigenvalue weighted by molar-refractivity contribution is -0.133. The van der Waals surface area contributed by atoms with Gasteiger partial charge >= 0.3 is 0 Å². The molecule has 2 heterocycles. The standard InChI is InChI=1S/C15H14N2O2/c1-10-5-4-6-11(16-10)9-15(19)12-7-2-3-8-13(12)17-14(15)18/h2-8,19H,9H2,1H3,(H,17,18)/t15-/m1/s1. The van der Waals surface area contributed by atoms with Crippen molar-refractivity contribution in [3.63, 3.8) is 0 Å². The molecule has 1 aromatic heterocycles. The number of rotatable bonds is 2. The van der Waals surface area contributed by atoms with Gasteiger partial charge in [-0.2, -0.15) is 0 Å². The van der Waals surface area contributed by atoms with Crippen molar-refractivity contribution in [1.82, 2.24) is 4.98 Å². The zero-order chi connectivity index (χ0) is 13.5. The Morgan fingerprint density at radius 1 is 1.21 bits per heavy atom. The van der Waals surface area contributed by atoms with Crippen LogP contribution in [0.25, 0.3) is 0 Å². The second-order valence-corrected chi connectivity index (χ2v) is 4.81. The van der Waals surface area contributed by atoms with Crippen molar-refractivity contribution in [2.75, 3.05) is 5.32 Å². The Morgan fingerprint density at radius 3 is 2.79 bits per heavy atom. The molecule has 0 fully saturated rings. The molecule has 0 saturated carbocycles. The number of aromatic nitrogens is 1. The number of anilines is 1. The summed E-state index contributed by atoms with van der Waals surface area (Å²) in [6.07, 6.45) is 0.178. The zero-order valence-corrected chi connectivity index (χ0v) is 10.6. The molecule has 1 aliphatic heterocycles. The molecule has 1 atom stereocenters. The minimum Gasteiger partial charge on any atom is -0.375 e. The number of nitrogens with zero attached hydrogens (tertiary/aromatic N) is 1. The Labute approximate surface area is 111 Å². The van der Waals surface area contributed by atoms with E-state index in [1.807, 2.05) is 37.3 Å². The first-order valence-corrected chi connectivity index (χ1v) is 6.15. The van der Waals surface area contributed by atoms with Gasteiger partial charge < -0.3 is 10.4 Å². The molecular weight excluding hydrogens is 240 g/mol. The fraction of sp³-hybridized carbons (Fsp3) is 0.200. The van der Waals surface area contributed by atoms with Gasteiger partial charge in [-0.1, -0.05) is 24.3 Å². The van der Waals surface area contributed by atoms with E-state index in [4.69, 9.17) is 0 Å². The maximum atomic E-state index is 12.1. The smallest absolute Gasteiger partial charge is 0.261 e. The van der Waals surface area contributed by atoms with Crippen molar-refractivity contribution in [3.8, 4) is 0 Å². The lowest BCUT2D eigenvalue weighted by atomic mass is 9.90. The van der Waals surface area contributed by atoms with Gasteiger partial charge in [0.25, 0.3) is 5.91 Å². The van der Waals surface area contributed by atoms with E-state index in [1.165, 1.54) is 0 Å². The highest BCUT2D eigenvalue weighted by molar-refractivity contribution is 6.05. The molecule has 3 rings (SSSR count). The molecule has 4 heteroatoms. The number of nitrogens with one attached hydrogen (secondary N) is 1. The number of para-hydroxylation sites is 1. The lowest BCUT2D eigenvalue weighted by Crippen LogP contribution is -2.36. The van der Waals surface area contributed by atoms with Crippen LogP contribution in [-0.4, -0.2) is 16.0 Å². The summed E-state index contributed by atoms with van der Waals surface area (Å²) in [4.78, 5) is 16.4. The Morgan fingerprint density at radius 2 is 2.00 bits per heavy atom. The fourth-order valence-electron chi connectivity index (χ4n) is 2.44. The second-order valence-electron chi connectivity index (χ2n) is 4.81. The van der Waals surface area contributed by atoms with Gasteiger partial charge in [0, 0.05) is 29.1 Å². The largest absolute Gasteiger partial charge is 0.375 e. The van der Waals surface area contributed by atoms with Crippen molar-refractivity contribution in [2.24, 2.45) is 0 Å². The summed E-state index contributed by atoms with van der Waals surface area (Å²) < 4.78 is 0. The van der Waals surface area contributed by atoms with Crippen LogP contribution in [0.15, 0.2) is 42.5 Å². The highest BCUT2D eigenvalue weighted by Crippen LogP contribution is 2.37. The fourth-order valence-corrected chi connectivity index (χ4v) is 2.44. The van der Waals surface area contributed by atoms with Crippen LogP contribution in [0.2, 0.25) is 0 Å². The van der Waals surface area contributed by atoms with E-state index in [-0.39, 0.29) is 6.42 Å². The molecule has 1 amide bonds. The average molecular weight is 254 g/mol. The van der Waals surface area contributed by atoms with Crippen LogP contribution >= 0.6 is 0 Å². The Bertz CT molecular complexity index is 654. The molecule has 4 nitrogen and oxygen atoms in total. The second kappa shape index (κ2) is 4.17. The summed E-state index contributed by atoms with van der Waals surface area (Å²) in [6.45, 7) is 1.89. The summed E-state index contributed by atoms with van der Waals surface area (Å²) in [7, 11) is 0. The highest BCUT2D eigenvalue weighted by Gasteiger charge is 2.45. The normalized spacial score (nSPS) is 21.1. The van der Waals surface area contributed by atoms with Crippen LogP contribution in [0.4, 0.5) is 5.69 Å². The number of aryl methyl sites for hydroxylation is 1. The van der Waals surface area contributed by atoms with Crippen LogP contribution in [0.3, 0.4) is 0 Å². The SMILES string of the molecule is Cc1cccc(C[C@]2(O)C(=O)Nc3ccccc32)n1. The lowest BCUT2D eigenvalue weighted by Gasteiger charge is -2.20. The number of amides is 1. The molecule has 0 spiro atoms. The molecule has 2 N–H and O–H groups in total. The number of pyridine rings is 1. The minimum atomic E-state index is -1.53. The summed E-state index contributed by atoms with van der Waals surface area (Å²) >= 11 is 0. The average Bonchev–Trinajstić information content (AvgIpc) is 2.62. The maximum absolute atomic E-state index is 12.1. The first-order chi connectivity index (χ1) is 9.09. The number of carbonyl (C=O) groups excluding carboxylic acids is 1.